The van der Waals surface area contributed by atoms with E-state index < -0.39 is 0 Å². The minimum absolute atomic E-state index is 0.705. The minimum atomic E-state index is 0.705. The van der Waals surface area contributed by atoms with Gasteiger partial charge >= 0.3 is 0 Å². The van der Waals surface area contributed by atoms with Gasteiger partial charge in [-0.25, -0.2) is 9.97 Å². The first-order chi connectivity index (χ1) is 11.7. The van der Waals surface area contributed by atoms with E-state index in [0.29, 0.717) is 6.54 Å². The van der Waals surface area contributed by atoms with Gasteiger partial charge in [0.1, 0.15) is 17.5 Å². The van der Waals surface area contributed by atoms with E-state index in [1.54, 1.807) is 0 Å². The van der Waals surface area contributed by atoms with E-state index in [4.69, 9.17) is 0 Å². The minimum Gasteiger partial charge on any atom is -0.368 e. The zero-order chi connectivity index (χ0) is 16.9. The van der Waals surface area contributed by atoms with Crippen molar-refractivity contribution in [2.24, 2.45) is 0 Å². The highest BCUT2D eigenvalue weighted by molar-refractivity contribution is 5.53. The molecule has 0 bridgehead atoms. The predicted octanol–water partition coefficient (Wildman–Crippen LogP) is 3.02. The van der Waals surface area contributed by atoms with Crippen molar-refractivity contribution >= 4 is 17.3 Å². The molecule has 24 heavy (non-hydrogen) atoms. The molecule has 1 saturated heterocycles. The third-order valence-corrected chi connectivity index (χ3v) is 4.22. The SMILES string of the molecule is C=CCNc1cc(N2CCN(c3cccc(C)c3)CC2)nc(C)n1. The second-order valence-corrected chi connectivity index (χ2v) is 6.14. The van der Waals surface area contributed by atoms with E-state index in [0.717, 1.165) is 43.6 Å². The lowest BCUT2D eigenvalue weighted by Crippen LogP contribution is -2.47. The van der Waals surface area contributed by atoms with Crippen molar-refractivity contribution in [3.05, 3.63) is 54.4 Å². The molecule has 0 amide bonds. The summed E-state index contributed by atoms with van der Waals surface area (Å²) in [6.07, 6.45) is 1.83. The molecule has 0 unspecified atom stereocenters. The fourth-order valence-corrected chi connectivity index (χ4v) is 3.00. The van der Waals surface area contributed by atoms with Crippen LogP contribution >= 0.6 is 0 Å². The standard InChI is InChI=1S/C19H25N5/c1-4-8-20-18-14-19(22-16(3)21-18)24-11-9-23(10-12-24)17-7-5-6-15(2)13-17/h4-7,13-14H,1,8-12H2,2-3H3,(H,20,21,22). The van der Waals surface area contributed by atoms with Crippen LogP contribution in [0.3, 0.4) is 0 Å². The number of aromatic nitrogens is 2. The van der Waals surface area contributed by atoms with Crippen LogP contribution in [-0.4, -0.2) is 42.7 Å². The summed E-state index contributed by atoms with van der Waals surface area (Å²) in [5, 5.41) is 3.25. The number of nitrogens with zero attached hydrogens (tertiary/aromatic N) is 4. The van der Waals surface area contributed by atoms with Crippen molar-refractivity contribution in [1.82, 2.24) is 9.97 Å². The van der Waals surface area contributed by atoms with E-state index in [1.807, 2.05) is 19.1 Å². The van der Waals surface area contributed by atoms with Gasteiger partial charge in [-0.3, -0.25) is 0 Å². The summed E-state index contributed by atoms with van der Waals surface area (Å²) in [6, 6.07) is 10.7. The van der Waals surface area contributed by atoms with Crippen LogP contribution in [0.15, 0.2) is 43.0 Å². The predicted molar refractivity (Wildman–Crippen MR) is 101 cm³/mol. The van der Waals surface area contributed by atoms with Crippen molar-refractivity contribution in [2.45, 2.75) is 13.8 Å². The maximum atomic E-state index is 4.61. The number of aryl methyl sites for hydroxylation is 2. The quantitative estimate of drug-likeness (QED) is 0.857. The topological polar surface area (TPSA) is 44.3 Å². The molecule has 1 aliphatic heterocycles. The molecule has 1 aromatic carbocycles. The average Bonchev–Trinajstić information content (AvgIpc) is 2.60. The molecule has 0 aliphatic carbocycles. The Bertz CT molecular complexity index is 705. The number of rotatable bonds is 5. The molecule has 5 nitrogen and oxygen atoms in total. The Morgan fingerprint density at radius 1 is 1.08 bits per heavy atom. The number of nitrogens with one attached hydrogen (secondary N) is 1. The van der Waals surface area contributed by atoms with Crippen LogP contribution in [0.25, 0.3) is 0 Å². The van der Waals surface area contributed by atoms with Crippen LogP contribution < -0.4 is 15.1 Å². The third kappa shape index (κ3) is 3.85. The molecular formula is C19H25N5. The third-order valence-electron chi connectivity index (χ3n) is 4.22. The monoisotopic (exact) mass is 323 g/mol. The summed E-state index contributed by atoms with van der Waals surface area (Å²) in [6.45, 7) is 12.4. The maximum absolute atomic E-state index is 4.61. The number of piperazine rings is 1. The first kappa shape index (κ1) is 16.3. The summed E-state index contributed by atoms with van der Waals surface area (Å²) in [4.78, 5) is 13.8. The number of hydrogen-bond donors (Lipinski definition) is 1. The molecule has 3 rings (SSSR count). The summed E-state index contributed by atoms with van der Waals surface area (Å²) < 4.78 is 0. The Balaban J connectivity index is 1.68. The van der Waals surface area contributed by atoms with Crippen molar-refractivity contribution in [3.8, 4) is 0 Å². The molecule has 0 radical (unpaired) electrons. The number of hydrogen-bond acceptors (Lipinski definition) is 5. The molecule has 1 fully saturated rings. The Morgan fingerprint density at radius 3 is 2.54 bits per heavy atom. The van der Waals surface area contributed by atoms with Gasteiger partial charge in [0.25, 0.3) is 0 Å². The molecular weight excluding hydrogens is 298 g/mol. The number of anilines is 3. The van der Waals surface area contributed by atoms with Gasteiger partial charge in [0.2, 0.25) is 0 Å². The zero-order valence-corrected chi connectivity index (χ0v) is 14.5. The van der Waals surface area contributed by atoms with Gasteiger partial charge in [-0.2, -0.15) is 0 Å². The second kappa shape index (κ2) is 7.34. The van der Waals surface area contributed by atoms with Crippen molar-refractivity contribution in [3.63, 3.8) is 0 Å². The first-order valence-electron chi connectivity index (χ1n) is 8.43. The lowest BCUT2D eigenvalue weighted by atomic mass is 10.2. The molecule has 0 saturated carbocycles. The smallest absolute Gasteiger partial charge is 0.134 e. The Morgan fingerprint density at radius 2 is 1.83 bits per heavy atom. The summed E-state index contributed by atoms with van der Waals surface area (Å²) in [7, 11) is 0. The largest absolute Gasteiger partial charge is 0.368 e. The van der Waals surface area contributed by atoms with Gasteiger partial charge in [-0.05, 0) is 31.5 Å². The molecule has 2 aromatic rings. The normalized spacial score (nSPS) is 14.6. The highest BCUT2D eigenvalue weighted by atomic mass is 15.3. The number of benzene rings is 1. The van der Waals surface area contributed by atoms with E-state index in [1.165, 1.54) is 11.3 Å². The van der Waals surface area contributed by atoms with Crippen LogP contribution in [-0.2, 0) is 0 Å². The van der Waals surface area contributed by atoms with Gasteiger partial charge in [0, 0.05) is 44.5 Å². The van der Waals surface area contributed by atoms with Crippen LogP contribution in [0, 0.1) is 13.8 Å². The fraction of sp³-hybridized carbons (Fsp3) is 0.368. The van der Waals surface area contributed by atoms with Crippen LogP contribution in [0.4, 0.5) is 17.3 Å². The maximum Gasteiger partial charge on any atom is 0.134 e. The van der Waals surface area contributed by atoms with Crippen LogP contribution in [0.5, 0.6) is 0 Å². The molecule has 1 N–H and O–H groups in total. The average molecular weight is 323 g/mol. The van der Waals surface area contributed by atoms with Crippen molar-refractivity contribution in [2.75, 3.05) is 47.8 Å². The molecule has 2 heterocycles. The van der Waals surface area contributed by atoms with Gasteiger partial charge in [-0.15, -0.1) is 6.58 Å². The summed E-state index contributed by atoms with van der Waals surface area (Å²) in [5.41, 5.74) is 2.61. The van der Waals surface area contributed by atoms with Crippen molar-refractivity contribution < 1.29 is 0 Å². The zero-order valence-electron chi connectivity index (χ0n) is 14.5. The van der Waals surface area contributed by atoms with E-state index in [9.17, 15) is 0 Å². The highest BCUT2D eigenvalue weighted by Gasteiger charge is 2.19. The lowest BCUT2D eigenvalue weighted by Gasteiger charge is -2.37. The summed E-state index contributed by atoms with van der Waals surface area (Å²) in [5.74, 6) is 2.65. The van der Waals surface area contributed by atoms with Crippen LogP contribution in [0.1, 0.15) is 11.4 Å². The molecule has 0 spiro atoms. The van der Waals surface area contributed by atoms with Gasteiger partial charge in [0.05, 0.1) is 0 Å². The van der Waals surface area contributed by atoms with Crippen LogP contribution in [0.2, 0.25) is 0 Å². The molecule has 5 heteroatoms. The molecule has 0 atom stereocenters. The highest BCUT2D eigenvalue weighted by Crippen LogP contribution is 2.21. The lowest BCUT2D eigenvalue weighted by molar-refractivity contribution is 0.646. The molecule has 1 aromatic heterocycles. The Hall–Kier alpha value is -2.56. The van der Waals surface area contributed by atoms with Gasteiger partial charge in [0.15, 0.2) is 0 Å². The van der Waals surface area contributed by atoms with E-state index in [2.05, 4.69) is 62.9 Å². The van der Waals surface area contributed by atoms with Crippen molar-refractivity contribution in [1.29, 1.82) is 0 Å². The van der Waals surface area contributed by atoms with E-state index in [-0.39, 0.29) is 0 Å². The fourth-order valence-electron chi connectivity index (χ4n) is 3.00. The molecule has 126 valence electrons. The molecule has 1 aliphatic rings. The van der Waals surface area contributed by atoms with Gasteiger partial charge < -0.3 is 15.1 Å². The summed E-state index contributed by atoms with van der Waals surface area (Å²) >= 11 is 0. The first-order valence-corrected chi connectivity index (χ1v) is 8.43. The van der Waals surface area contributed by atoms with E-state index >= 15 is 0 Å². The van der Waals surface area contributed by atoms with Gasteiger partial charge in [-0.1, -0.05) is 18.2 Å². The Labute approximate surface area is 144 Å². The Kier molecular flexibility index (Phi) is 4.99. The second-order valence-electron chi connectivity index (χ2n) is 6.14.